The predicted octanol–water partition coefficient (Wildman–Crippen LogP) is 3.21. The van der Waals surface area contributed by atoms with Crippen molar-refractivity contribution < 1.29 is 4.79 Å². The summed E-state index contributed by atoms with van der Waals surface area (Å²) in [5.74, 6) is 0.374. The van der Waals surface area contributed by atoms with Crippen molar-refractivity contribution in [3.63, 3.8) is 0 Å². The van der Waals surface area contributed by atoms with E-state index in [1.54, 1.807) is 13.0 Å². The van der Waals surface area contributed by atoms with Gasteiger partial charge in [-0.1, -0.05) is 30.3 Å². The molecule has 1 amide bonds. The number of benzene rings is 2. The van der Waals surface area contributed by atoms with Crippen LogP contribution in [0.3, 0.4) is 0 Å². The highest BCUT2D eigenvalue weighted by atomic mass is 16.2. The lowest BCUT2D eigenvalue weighted by Crippen LogP contribution is -2.33. The first-order chi connectivity index (χ1) is 13.0. The number of nitrogens with zero attached hydrogens (tertiary/aromatic N) is 2. The molecule has 0 fully saturated rings. The van der Waals surface area contributed by atoms with Crippen LogP contribution in [-0.4, -0.2) is 29.0 Å². The number of rotatable bonds is 6. The van der Waals surface area contributed by atoms with E-state index in [9.17, 15) is 9.59 Å². The van der Waals surface area contributed by atoms with Crippen molar-refractivity contribution >= 4 is 17.3 Å². The quantitative estimate of drug-likeness (QED) is 0.706. The van der Waals surface area contributed by atoms with Crippen LogP contribution in [-0.2, 0) is 4.79 Å². The number of likely N-dealkylation sites (N-methyl/N-ethyl adjacent to an activating group) is 1. The molecular weight excluding hydrogens is 340 g/mol. The van der Waals surface area contributed by atoms with Gasteiger partial charge in [0.15, 0.2) is 0 Å². The summed E-state index contributed by atoms with van der Waals surface area (Å²) in [6, 6.07) is 18.5. The van der Waals surface area contributed by atoms with Crippen LogP contribution in [0.4, 0.5) is 11.4 Å². The Labute approximate surface area is 157 Å². The summed E-state index contributed by atoms with van der Waals surface area (Å²) in [4.78, 5) is 33.2. The van der Waals surface area contributed by atoms with Gasteiger partial charge in [-0.05, 0) is 38.1 Å². The molecule has 6 nitrogen and oxygen atoms in total. The Morgan fingerprint density at radius 3 is 2.59 bits per heavy atom. The molecule has 2 aromatic carbocycles. The van der Waals surface area contributed by atoms with E-state index < -0.39 is 0 Å². The molecule has 138 valence electrons. The van der Waals surface area contributed by atoms with Crippen molar-refractivity contribution in [1.82, 2.24) is 9.97 Å². The Kier molecular flexibility index (Phi) is 5.66. The number of H-pyrrole nitrogens is 1. The fraction of sp³-hybridized carbons (Fsp3) is 0.190. The summed E-state index contributed by atoms with van der Waals surface area (Å²) < 4.78 is 0. The van der Waals surface area contributed by atoms with Crippen molar-refractivity contribution in [2.75, 3.05) is 23.3 Å². The second-order valence-corrected chi connectivity index (χ2v) is 6.21. The first-order valence-electron chi connectivity index (χ1n) is 8.83. The lowest BCUT2D eigenvalue weighted by molar-refractivity contribution is -0.115. The highest BCUT2D eigenvalue weighted by Gasteiger charge is 2.11. The van der Waals surface area contributed by atoms with Crippen LogP contribution in [0.1, 0.15) is 12.6 Å². The van der Waals surface area contributed by atoms with E-state index in [0.717, 1.165) is 17.8 Å². The second-order valence-electron chi connectivity index (χ2n) is 6.21. The number of nitrogens with one attached hydrogen (secondary N) is 2. The smallest absolute Gasteiger partial charge is 0.251 e. The Morgan fingerprint density at radius 2 is 1.89 bits per heavy atom. The first-order valence-corrected chi connectivity index (χ1v) is 8.83. The summed E-state index contributed by atoms with van der Waals surface area (Å²) >= 11 is 0. The molecule has 27 heavy (non-hydrogen) atoms. The highest BCUT2D eigenvalue weighted by molar-refractivity contribution is 5.94. The number of amides is 1. The molecular formula is C21H22N4O2. The SMILES string of the molecule is CCN(CC(=O)Nc1cccc(-c2nc(C)cc(=O)[nH]2)c1)c1ccccc1. The predicted molar refractivity (Wildman–Crippen MR) is 108 cm³/mol. The van der Waals surface area contributed by atoms with Crippen LogP contribution in [0.5, 0.6) is 0 Å². The molecule has 0 aliphatic heterocycles. The Morgan fingerprint density at radius 1 is 1.11 bits per heavy atom. The first kappa shape index (κ1) is 18.4. The van der Waals surface area contributed by atoms with Gasteiger partial charge >= 0.3 is 0 Å². The van der Waals surface area contributed by atoms with E-state index in [1.165, 1.54) is 6.07 Å². The van der Waals surface area contributed by atoms with Gasteiger partial charge in [-0.2, -0.15) is 0 Å². The average Bonchev–Trinajstić information content (AvgIpc) is 2.66. The molecule has 3 aromatic rings. The number of carbonyl (C=O) groups is 1. The lowest BCUT2D eigenvalue weighted by Gasteiger charge is -2.22. The fourth-order valence-corrected chi connectivity index (χ4v) is 2.86. The van der Waals surface area contributed by atoms with Crippen LogP contribution < -0.4 is 15.8 Å². The molecule has 0 bridgehead atoms. The van der Waals surface area contributed by atoms with Crippen molar-refractivity contribution in [1.29, 1.82) is 0 Å². The molecule has 0 radical (unpaired) electrons. The van der Waals surface area contributed by atoms with Gasteiger partial charge in [0.1, 0.15) is 5.82 Å². The summed E-state index contributed by atoms with van der Waals surface area (Å²) in [5, 5.41) is 2.92. The van der Waals surface area contributed by atoms with E-state index in [-0.39, 0.29) is 18.0 Å². The standard InChI is InChI=1S/C21H22N4O2/c1-3-25(18-10-5-4-6-11-18)14-20(27)23-17-9-7-8-16(13-17)21-22-15(2)12-19(26)24-21/h4-13H,3,14H2,1-2H3,(H,23,27)(H,22,24,26). The maximum Gasteiger partial charge on any atom is 0.251 e. The zero-order valence-electron chi connectivity index (χ0n) is 15.4. The Bertz CT molecular complexity index is 983. The minimum atomic E-state index is -0.201. The largest absolute Gasteiger partial charge is 0.362 e. The fourth-order valence-electron chi connectivity index (χ4n) is 2.86. The van der Waals surface area contributed by atoms with Crippen molar-refractivity contribution in [3.05, 3.63) is 76.7 Å². The zero-order chi connectivity index (χ0) is 19.2. The van der Waals surface area contributed by atoms with Gasteiger partial charge in [0.25, 0.3) is 5.56 Å². The molecule has 0 aliphatic rings. The van der Waals surface area contributed by atoms with Crippen LogP contribution in [0, 0.1) is 6.92 Å². The molecule has 6 heteroatoms. The van der Waals surface area contributed by atoms with E-state index >= 15 is 0 Å². The molecule has 0 saturated carbocycles. The number of hydrogen-bond acceptors (Lipinski definition) is 4. The topological polar surface area (TPSA) is 78.1 Å². The number of aromatic nitrogens is 2. The molecule has 0 saturated heterocycles. The molecule has 2 N–H and O–H groups in total. The zero-order valence-corrected chi connectivity index (χ0v) is 15.4. The van der Waals surface area contributed by atoms with Gasteiger partial charge in [-0.15, -0.1) is 0 Å². The molecule has 0 atom stereocenters. The Balaban J connectivity index is 1.74. The maximum absolute atomic E-state index is 12.5. The number of aromatic amines is 1. The van der Waals surface area contributed by atoms with Crippen LogP contribution in [0.25, 0.3) is 11.4 Å². The third-order valence-corrected chi connectivity index (χ3v) is 4.13. The van der Waals surface area contributed by atoms with E-state index in [0.29, 0.717) is 17.2 Å². The third-order valence-electron chi connectivity index (χ3n) is 4.13. The molecule has 1 aromatic heterocycles. The summed E-state index contributed by atoms with van der Waals surface area (Å²) in [6.07, 6.45) is 0. The highest BCUT2D eigenvalue weighted by Crippen LogP contribution is 2.19. The number of carbonyl (C=O) groups excluding carboxylic acids is 1. The van der Waals surface area contributed by atoms with Crippen LogP contribution >= 0.6 is 0 Å². The molecule has 3 rings (SSSR count). The van der Waals surface area contributed by atoms with Crippen molar-refractivity contribution in [3.8, 4) is 11.4 Å². The number of anilines is 2. The van der Waals surface area contributed by atoms with E-state index in [4.69, 9.17) is 0 Å². The third kappa shape index (κ3) is 4.82. The minimum absolute atomic E-state index is 0.108. The van der Waals surface area contributed by atoms with Crippen LogP contribution in [0.15, 0.2) is 65.5 Å². The average molecular weight is 362 g/mol. The van der Waals surface area contributed by atoms with Gasteiger partial charge < -0.3 is 15.2 Å². The molecule has 1 heterocycles. The number of aryl methyl sites for hydroxylation is 1. The second kappa shape index (κ2) is 8.31. The van der Waals surface area contributed by atoms with Gasteiger partial charge in [-0.3, -0.25) is 9.59 Å². The summed E-state index contributed by atoms with van der Waals surface area (Å²) in [6.45, 7) is 4.77. The lowest BCUT2D eigenvalue weighted by atomic mass is 10.2. The Hall–Kier alpha value is -3.41. The van der Waals surface area contributed by atoms with Crippen LogP contribution in [0.2, 0.25) is 0 Å². The van der Waals surface area contributed by atoms with E-state index in [1.807, 2.05) is 60.4 Å². The molecule has 0 aliphatic carbocycles. The molecule has 0 unspecified atom stereocenters. The maximum atomic E-state index is 12.5. The van der Waals surface area contributed by atoms with Gasteiger partial charge in [0.2, 0.25) is 5.91 Å². The molecule has 0 spiro atoms. The van der Waals surface area contributed by atoms with Gasteiger partial charge in [-0.25, -0.2) is 4.98 Å². The summed E-state index contributed by atoms with van der Waals surface area (Å²) in [7, 11) is 0. The summed E-state index contributed by atoms with van der Waals surface area (Å²) in [5.41, 5.74) is 2.85. The minimum Gasteiger partial charge on any atom is -0.362 e. The normalized spacial score (nSPS) is 10.4. The monoisotopic (exact) mass is 362 g/mol. The van der Waals surface area contributed by atoms with Gasteiger partial charge in [0.05, 0.1) is 6.54 Å². The number of para-hydroxylation sites is 1. The number of hydrogen-bond donors (Lipinski definition) is 2. The van der Waals surface area contributed by atoms with E-state index in [2.05, 4.69) is 15.3 Å². The van der Waals surface area contributed by atoms with Crippen molar-refractivity contribution in [2.45, 2.75) is 13.8 Å². The van der Waals surface area contributed by atoms with Crippen molar-refractivity contribution in [2.24, 2.45) is 0 Å². The van der Waals surface area contributed by atoms with Gasteiger partial charge in [0, 0.05) is 35.2 Å².